The molecular formula is C27H37N3O3S. The number of benzene rings is 1. The van der Waals surface area contributed by atoms with E-state index >= 15 is 0 Å². The fourth-order valence-electron chi connectivity index (χ4n) is 6.65. The lowest BCUT2D eigenvalue weighted by Gasteiger charge is -2.53. The van der Waals surface area contributed by atoms with Crippen LogP contribution in [0.3, 0.4) is 0 Å². The summed E-state index contributed by atoms with van der Waals surface area (Å²) in [6.45, 7) is 9.86. The first kappa shape index (κ1) is 23.8. The van der Waals surface area contributed by atoms with Gasteiger partial charge >= 0.3 is 0 Å². The number of nitrogens with one attached hydrogen (secondary N) is 1. The van der Waals surface area contributed by atoms with E-state index in [4.69, 9.17) is 9.72 Å². The molecule has 2 heterocycles. The van der Waals surface area contributed by atoms with Gasteiger partial charge in [-0.3, -0.25) is 4.79 Å². The zero-order chi connectivity index (χ0) is 23.9. The number of fused-ring (bicyclic) bond motifs is 2. The number of hydrogen-bond acceptors (Lipinski definition) is 6. The first-order valence-electron chi connectivity index (χ1n) is 12.7. The third kappa shape index (κ3) is 4.38. The second-order valence-electron chi connectivity index (χ2n) is 10.7. The second kappa shape index (κ2) is 9.59. The first-order valence-corrected chi connectivity index (χ1v) is 13.5. The molecule has 2 N–H and O–H groups in total. The van der Waals surface area contributed by atoms with Crippen molar-refractivity contribution in [2.24, 2.45) is 23.2 Å². The van der Waals surface area contributed by atoms with E-state index in [0.717, 1.165) is 36.6 Å². The van der Waals surface area contributed by atoms with E-state index in [0.29, 0.717) is 26.3 Å². The number of hydrogen-bond donors (Lipinski definition) is 2. The van der Waals surface area contributed by atoms with Gasteiger partial charge in [-0.05, 0) is 42.1 Å². The van der Waals surface area contributed by atoms with Crippen LogP contribution in [-0.4, -0.2) is 53.3 Å². The van der Waals surface area contributed by atoms with Crippen molar-refractivity contribution in [3.63, 3.8) is 0 Å². The smallest absolute Gasteiger partial charge is 0.225 e. The minimum atomic E-state index is -0.496. The second-order valence-corrected chi connectivity index (χ2v) is 11.8. The molecule has 2 fully saturated rings. The minimum absolute atomic E-state index is 0.00766. The maximum absolute atomic E-state index is 13.2. The molecule has 2 aliphatic carbocycles. The van der Waals surface area contributed by atoms with Gasteiger partial charge in [0.25, 0.3) is 0 Å². The van der Waals surface area contributed by atoms with Crippen molar-refractivity contribution in [3.05, 3.63) is 46.5 Å². The summed E-state index contributed by atoms with van der Waals surface area (Å²) in [6.07, 6.45) is 2.39. The number of rotatable bonds is 5. The van der Waals surface area contributed by atoms with Gasteiger partial charge in [-0.1, -0.05) is 51.1 Å². The standard InChI is InChI=1S/C27H37N3O3S/c1-17(25(32)30-11-13-33-14-12-30)20-9-10-27(3)15-21-23(18(2)22(27)24(20)31)29-26(34-21)28-16-19-7-5-4-6-8-19/h4-8,17-18,20,22,24,31H,9-16H2,1-3H3,(H,28,29)/t17-,18-,20-,22+,24-,27-/m0/s1. The predicted octanol–water partition coefficient (Wildman–Crippen LogP) is 4.30. The predicted molar refractivity (Wildman–Crippen MR) is 135 cm³/mol. The Kier molecular flexibility index (Phi) is 6.70. The van der Waals surface area contributed by atoms with Crippen LogP contribution < -0.4 is 5.32 Å². The molecule has 1 amide bonds. The van der Waals surface area contributed by atoms with Crippen molar-refractivity contribution in [1.29, 1.82) is 0 Å². The van der Waals surface area contributed by atoms with Crippen molar-refractivity contribution >= 4 is 22.4 Å². The molecule has 3 aliphatic rings. The molecule has 2 aromatic rings. The Bertz CT molecular complexity index is 1010. The van der Waals surface area contributed by atoms with E-state index in [9.17, 15) is 9.90 Å². The molecule has 5 rings (SSSR count). The summed E-state index contributed by atoms with van der Waals surface area (Å²) in [5.74, 6) is 0.265. The van der Waals surface area contributed by atoms with Crippen molar-refractivity contribution in [2.75, 3.05) is 31.6 Å². The number of carbonyl (C=O) groups excluding carboxylic acids is 1. The number of aromatic nitrogens is 1. The number of aliphatic hydroxyl groups is 1. The molecule has 184 valence electrons. The molecule has 6 nitrogen and oxygen atoms in total. The quantitative estimate of drug-likeness (QED) is 0.663. The Hall–Kier alpha value is -1.96. The normalized spacial score (nSPS) is 31.9. The van der Waals surface area contributed by atoms with E-state index in [1.807, 2.05) is 17.9 Å². The number of amides is 1. The molecule has 0 radical (unpaired) electrons. The number of carbonyl (C=O) groups is 1. The Morgan fingerprint density at radius 2 is 2.06 bits per heavy atom. The average Bonchev–Trinajstić information content (AvgIpc) is 3.26. The highest BCUT2D eigenvalue weighted by Crippen LogP contribution is 2.57. The summed E-state index contributed by atoms with van der Waals surface area (Å²) < 4.78 is 5.42. The van der Waals surface area contributed by atoms with Crippen molar-refractivity contribution in [3.8, 4) is 0 Å². The molecule has 1 aromatic carbocycles. The van der Waals surface area contributed by atoms with Crippen LogP contribution >= 0.6 is 11.3 Å². The molecule has 0 unspecified atom stereocenters. The Morgan fingerprint density at radius 1 is 1.32 bits per heavy atom. The van der Waals surface area contributed by atoms with Crippen molar-refractivity contribution < 1.29 is 14.6 Å². The summed E-state index contributed by atoms with van der Waals surface area (Å²) in [5.41, 5.74) is 2.41. The molecular weight excluding hydrogens is 446 g/mol. The van der Waals surface area contributed by atoms with E-state index < -0.39 is 6.10 Å². The molecule has 1 aliphatic heterocycles. The van der Waals surface area contributed by atoms with E-state index in [2.05, 4.69) is 43.4 Å². The third-order valence-corrected chi connectivity index (χ3v) is 9.59. The van der Waals surface area contributed by atoms with Crippen LogP contribution in [0.1, 0.15) is 55.7 Å². The van der Waals surface area contributed by atoms with Crippen LogP contribution in [0, 0.1) is 23.2 Å². The summed E-state index contributed by atoms with van der Waals surface area (Å²) in [5, 5.41) is 16.1. The zero-order valence-electron chi connectivity index (χ0n) is 20.5. The number of morpholine rings is 1. The molecule has 34 heavy (non-hydrogen) atoms. The molecule has 6 atom stereocenters. The Balaban J connectivity index is 1.32. The maximum Gasteiger partial charge on any atom is 0.225 e. The molecule has 0 spiro atoms. The zero-order valence-corrected chi connectivity index (χ0v) is 21.3. The van der Waals surface area contributed by atoms with Gasteiger partial charge in [0, 0.05) is 36.3 Å². The SMILES string of the molecule is C[C@H](C(=O)N1CCOCC1)[C@@H]1CC[C@@]2(C)Cc3sc(NCc4ccccc4)nc3[C@@H](C)[C@@H]2[C@H]1O. The molecule has 0 bridgehead atoms. The van der Waals surface area contributed by atoms with Crippen LogP contribution in [0.5, 0.6) is 0 Å². The van der Waals surface area contributed by atoms with Crippen LogP contribution in [-0.2, 0) is 22.5 Å². The topological polar surface area (TPSA) is 74.7 Å². The van der Waals surface area contributed by atoms with Crippen LogP contribution in [0.25, 0.3) is 0 Å². The maximum atomic E-state index is 13.2. The van der Waals surface area contributed by atoms with Gasteiger partial charge in [0.15, 0.2) is 5.13 Å². The van der Waals surface area contributed by atoms with Gasteiger partial charge in [-0.15, -0.1) is 11.3 Å². The lowest BCUT2D eigenvalue weighted by molar-refractivity contribution is -0.148. The van der Waals surface area contributed by atoms with Crippen molar-refractivity contribution in [1.82, 2.24) is 9.88 Å². The number of ether oxygens (including phenoxy) is 1. The van der Waals surface area contributed by atoms with Gasteiger partial charge in [0.05, 0.1) is 25.0 Å². The molecule has 1 saturated carbocycles. The average molecular weight is 484 g/mol. The van der Waals surface area contributed by atoms with Gasteiger partial charge in [-0.2, -0.15) is 0 Å². The summed E-state index contributed by atoms with van der Waals surface area (Å²) >= 11 is 1.77. The largest absolute Gasteiger partial charge is 0.392 e. The highest BCUT2D eigenvalue weighted by atomic mass is 32.1. The fourth-order valence-corrected chi connectivity index (χ4v) is 7.91. The highest BCUT2D eigenvalue weighted by molar-refractivity contribution is 7.15. The summed E-state index contributed by atoms with van der Waals surface area (Å²) in [6, 6.07) is 10.4. The Labute approximate surface area is 206 Å². The number of aliphatic hydroxyl groups excluding tert-OH is 1. The fraction of sp³-hybridized carbons (Fsp3) is 0.630. The van der Waals surface area contributed by atoms with Crippen LogP contribution in [0.15, 0.2) is 30.3 Å². The molecule has 1 aromatic heterocycles. The highest BCUT2D eigenvalue weighted by Gasteiger charge is 2.54. The van der Waals surface area contributed by atoms with Gasteiger partial charge < -0.3 is 20.1 Å². The van der Waals surface area contributed by atoms with E-state index in [1.54, 1.807) is 11.3 Å². The molecule has 1 saturated heterocycles. The monoisotopic (exact) mass is 483 g/mol. The van der Waals surface area contributed by atoms with Crippen molar-refractivity contribution in [2.45, 2.75) is 58.6 Å². The van der Waals surface area contributed by atoms with Gasteiger partial charge in [0.1, 0.15) is 0 Å². The van der Waals surface area contributed by atoms with E-state index in [-0.39, 0.29) is 35.0 Å². The van der Waals surface area contributed by atoms with Gasteiger partial charge in [0.2, 0.25) is 5.91 Å². The Morgan fingerprint density at radius 3 is 2.79 bits per heavy atom. The first-order chi connectivity index (χ1) is 16.4. The summed E-state index contributed by atoms with van der Waals surface area (Å²) in [4.78, 5) is 21.5. The number of thiazole rings is 1. The number of anilines is 1. The lowest BCUT2D eigenvalue weighted by atomic mass is 9.53. The van der Waals surface area contributed by atoms with Gasteiger partial charge in [-0.25, -0.2) is 4.98 Å². The molecule has 7 heteroatoms. The number of nitrogens with zero attached hydrogens (tertiary/aromatic N) is 2. The third-order valence-electron chi connectivity index (χ3n) is 8.56. The summed E-state index contributed by atoms with van der Waals surface area (Å²) in [7, 11) is 0. The minimum Gasteiger partial charge on any atom is -0.392 e. The van der Waals surface area contributed by atoms with Crippen LogP contribution in [0.2, 0.25) is 0 Å². The lowest BCUT2D eigenvalue weighted by Crippen LogP contribution is -2.54. The van der Waals surface area contributed by atoms with Crippen LogP contribution in [0.4, 0.5) is 5.13 Å². The van der Waals surface area contributed by atoms with E-state index in [1.165, 1.54) is 10.4 Å².